The van der Waals surface area contributed by atoms with Gasteiger partial charge in [0.25, 0.3) is 0 Å². The lowest BCUT2D eigenvalue weighted by atomic mass is 10.0. The standard InChI is InChI=1S/C13H18N6O2/c1-20-9-5-7(12(14)15)6-3-4-8(18-19-13(16)17)10(6)11(9)21-2/h5H,3-4H2,1-2H3,(H3,14,15)(H4,16,17,19). The number of guanidine groups is 1. The van der Waals surface area contributed by atoms with Gasteiger partial charge in [-0.1, -0.05) is 0 Å². The molecule has 1 aliphatic rings. The summed E-state index contributed by atoms with van der Waals surface area (Å²) in [4.78, 5) is 0. The van der Waals surface area contributed by atoms with Crippen molar-refractivity contribution in [2.45, 2.75) is 12.8 Å². The van der Waals surface area contributed by atoms with Crippen molar-refractivity contribution < 1.29 is 9.47 Å². The molecule has 1 aromatic rings. The normalized spacial score (nSPS) is 14.7. The predicted molar refractivity (Wildman–Crippen MR) is 81.2 cm³/mol. The van der Waals surface area contributed by atoms with Gasteiger partial charge in [-0.25, -0.2) is 0 Å². The van der Waals surface area contributed by atoms with Crippen molar-refractivity contribution in [1.82, 2.24) is 0 Å². The minimum atomic E-state index is -0.121. The molecule has 0 fully saturated rings. The van der Waals surface area contributed by atoms with Crippen molar-refractivity contribution in [3.05, 3.63) is 22.8 Å². The highest BCUT2D eigenvalue weighted by Crippen LogP contribution is 2.40. The number of nitrogens with two attached hydrogens (primary N) is 3. The Balaban J connectivity index is 2.72. The summed E-state index contributed by atoms with van der Waals surface area (Å²) in [7, 11) is 3.07. The number of fused-ring (bicyclic) bond motifs is 1. The lowest BCUT2D eigenvalue weighted by Crippen LogP contribution is -2.22. The Morgan fingerprint density at radius 3 is 2.43 bits per heavy atom. The second kappa shape index (κ2) is 5.70. The summed E-state index contributed by atoms with van der Waals surface area (Å²) < 4.78 is 10.7. The highest BCUT2D eigenvalue weighted by atomic mass is 16.5. The molecular formula is C13H18N6O2. The highest BCUT2D eigenvalue weighted by Gasteiger charge is 2.29. The molecule has 8 nitrogen and oxygen atoms in total. The van der Waals surface area contributed by atoms with E-state index in [-0.39, 0.29) is 11.8 Å². The SMILES string of the molecule is COc1cc(C(=N)N)c2c(c1OC)C(=NN=C(N)N)CC2. The second-order valence-electron chi connectivity index (χ2n) is 4.50. The molecule has 2 rings (SSSR count). The van der Waals surface area contributed by atoms with Gasteiger partial charge in [0.15, 0.2) is 11.5 Å². The van der Waals surface area contributed by atoms with Gasteiger partial charge < -0.3 is 26.7 Å². The van der Waals surface area contributed by atoms with Crippen LogP contribution in [0, 0.1) is 5.41 Å². The zero-order valence-electron chi connectivity index (χ0n) is 11.9. The van der Waals surface area contributed by atoms with Gasteiger partial charge in [-0.2, -0.15) is 5.10 Å². The minimum absolute atomic E-state index is 0.0321. The number of rotatable bonds is 4. The molecule has 1 aromatic carbocycles. The number of nitrogen functional groups attached to an aromatic ring is 1. The molecule has 0 bridgehead atoms. The molecule has 0 saturated carbocycles. The molecule has 0 amide bonds. The monoisotopic (exact) mass is 290 g/mol. The molecule has 0 atom stereocenters. The number of nitrogens with zero attached hydrogens (tertiary/aromatic N) is 2. The molecule has 0 aromatic heterocycles. The summed E-state index contributed by atoms with van der Waals surface area (Å²) in [5.41, 5.74) is 19.2. The molecule has 0 unspecified atom stereocenters. The molecule has 0 spiro atoms. The van der Waals surface area contributed by atoms with Gasteiger partial charge in [-0.05, 0) is 24.5 Å². The first-order chi connectivity index (χ1) is 9.99. The first-order valence-corrected chi connectivity index (χ1v) is 6.27. The number of methoxy groups -OCH3 is 2. The van der Waals surface area contributed by atoms with E-state index in [0.29, 0.717) is 35.6 Å². The van der Waals surface area contributed by atoms with Crippen LogP contribution in [0.5, 0.6) is 11.5 Å². The quantitative estimate of drug-likeness (QED) is 0.348. The fraction of sp³-hybridized carbons (Fsp3) is 0.308. The van der Waals surface area contributed by atoms with E-state index >= 15 is 0 Å². The summed E-state index contributed by atoms with van der Waals surface area (Å²) in [5, 5.41) is 15.5. The number of nitrogens with one attached hydrogen (secondary N) is 1. The van der Waals surface area contributed by atoms with E-state index < -0.39 is 0 Å². The number of hydrogen-bond donors (Lipinski definition) is 4. The summed E-state index contributed by atoms with van der Waals surface area (Å²) in [6.45, 7) is 0. The average Bonchev–Trinajstić information content (AvgIpc) is 2.86. The second-order valence-corrected chi connectivity index (χ2v) is 4.50. The zero-order valence-corrected chi connectivity index (χ0v) is 11.9. The van der Waals surface area contributed by atoms with Crippen molar-refractivity contribution in [3.8, 4) is 11.5 Å². The lowest BCUT2D eigenvalue weighted by molar-refractivity contribution is 0.354. The van der Waals surface area contributed by atoms with Gasteiger partial charge in [0, 0.05) is 11.1 Å². The fourth-order valence-electron chi connectivity index (χ4n) is 2.42. The molecule has 8 heteroatoms. The summed E-state index contributed by atoms with van der Waals surface area (Å²) in [6, 6.07) is 1.70. The van der Waals surface area contributed by atoms with Crippen LogP contribution in [0.3, 0.4) is 0 Å². The van der Waals surface area contributed by atoms with Crippen LogP contribution in [0.15, 0.2) is 16.3 Å². The third-order valence-corrected chi connectivity index (χ3v) is 3.25. The largest absolute Gasteiger partial charge is 0.493 e. The highest BCUT2D eigenvalue weighted by molar-refractivity contribution is 6.11. The van der Waals surface area contributed by atoms with Gasteiger partial charge in [-0.3, -0.25) is 5.41 Å². The third-order valence-electron chi connectivity index (χ3n) is 3.25. The average molecular weight is 290 g/mol. The Morgan fingerprint density at radius 2 is 1.90 bits per heavy atom. The van der Waals surface area contributed by atoms with Crippen LogP contribution in [0.1, 0.15) is 23.1 Å². The summed E-state index contributed by atoms with van der Waals surface area (Å²) in [6.07, 6.45) is 1.32. The van der Waals surface area contributed by atoms with Crippen LogP contribution < -0.4 is 26.7 Å². The molecule has 0 saturated heterocycles. The van der Waals surface area contributed by atoms with Gasteiger partial charge in [0.05, 0.1) is 19.9 Å². The van der Waals surface area contributed by atoms with Gasteiger partial charge in [-0.15, -0.1) is 5.10 Å². The van der Waals surface area contributed by atoms with Crippen molar-refractivity contribution in [2.24, 2.45) is 27.4 Å². The molecule has 0 radical (unpaired) electrons. The van der Waals surface area contributed by atoms with Crippen molar-refractivity contribution in [2.75, 3.05) is 14.2 Å². The molecule has 0 aliphatic heterocycles. The summed E-state index contributed by atoms with van der Waals surface area (Å²) >= 11 is 0. The molecule has 21 heavy (non-hydrogen) atoms. The van der Waals surface area contributed by atoms with Gasteiger partial charge in [0.1, 0.15) is 5.84 Å². The first kappa shape index (κ1) is 14.6. The van der Waals surface area contributed by atoms with E-state index in [9.17, 15) is 0 Å². The number of hydrogen-bond acceptors (Lipinski definition) is 5. The maximum absolute atomic E-state index is 7.71. The van der Waals surface area contributed by atoms with Crippen LogP contribution in [-0.2, 0) is 6.42 Å². The third kappa shape index (κ3) is 2.60. The van der Waals surface area contributed by atoms with E-state index in [0.717, 1.165) is 11.1 Å². The Bertz CT molecular complexity index is 647. The summed E-state index contributed by atoms with van der Waals surface area (Å²) in [5.74, 6) is 0.875. The van der Waals surface area contributed by atoms with E-state index in [1.165, 1.54) is 7.11 Å². The smallest absolute Gasteiger partial charge is 0.211 e. The Labute approximate surface area is 122 Å². The maximum atomic E-state index is 7.71. The Morgan fingerprint density at radius 1 is 1.19 bits per heavy atom. The van der Waals surface area contributed by atoms with Crippen LogP contribution in [0.25, 0.3) is 0 Å². The van der Waals surface area contributed by atoms with E-state index in [4.69, 9.17) is 32.1 Å². The Kier molecular flexibility index (Phi) is 3.97. The van der Waals surface area contributed by atoms with Crippen molar-refractivity contribution in [1.29, 1.82) is 5.41 Å². The lowest BCUT2D eigenvalue weighted by Gasteiger charge is -2.15. The molecule has 112 valence electrons. The van der Waals surface area contributed by atoms with Crippen molar-refractivity contribution in [3.63, 3.8) is 0 Å². The van der Waals surface area contributed by atoms with Crippen LogP contribution >= 0.6 is 0 Å². The van der Waals surface area contributed by atoms with Crippen LogP contribution in [0.2, 0.25) is 0 Å². The topological polar surface area (TPSA) is 145 Å². The maximum Gasteiger partial charge on any atom is 0.211 e. The number of benzene rings is 1. The molecule has 7 N–H and O–H groups in total. The van der Waals surface area contributed by atoms with Crippen LogP contribution in [-0.4, -0.2) is 31.7 Å². The zero-order chi connectivity index (χ0) is 15.6. The molecule has 0 heterocycles. The van der Waals surface area contributed by atoms with E-state index in [1.54, 1.807) is 13.2 Å². The predicted octanol–water partition coefficient (Wildman–Crippen LogP) is -0.0884. The van der Waals surface area contributed by atoms with Gasteiger partial charge in [0.2, 0.25) is 5.96 Å². The number of ether oxygens (including phenoxy) is 2. The van der Waals surface area contributed by atoms with E-state index in [1.807, 2.05) is 0 Å². The molecular weight excluding hydrogens is 272 g/mol. The van der Waals surface area contributed by atoms with Crippen LogP contribution in [0.4, 0.5) is 0 Å². The minimum Gasteiger partial charge on any atom is -0.493 e. The van der Waals surface area contributed by atoms with Gasteiger partial charge >= 0.3 is 0 Å². The van der Waals surface area contributed by atoms with Crippen molar-refractivity contribution >= 4 is 17.5 Å². The Hall–Kier alpha value is -2.77. The fourth-order valence-corrected chi connectivity index (χ4v) is 2.42. The molecule has 1 aliphatic carbocycles. The van der Waals surface area contributed by atoms with E-state index in [2.05, 4.69) is 10.2 Å². The number of amidine groups is 1. The first-order valence-electron chi connectivity index (χ1n) is 6.27.